The standard InChI is InChI=1S/C19H22N2O6/c1-23-14-9-8-13(10-17(14)26-4)11-20-21-18(22)12-27-19-15(24-2)6-5-7-16(19)25-3/h5-11H,12H2,1-4H3,(H,21,22)/b20-11-. The van der Waals surface area contributed by atoms with E-state index < -0.39 is 5.91 Å². The molecule has 8 heteroatoms. The van der Waals surface area contributed by atoms with E-state index >= 15 is 0 Å². The van der Waals surface area contributed by atoms with Crippen molar-refractivity contribution in [1.29, 1.82) is 0 Å². The van der Waals surface area contributed by atoms with Crippen molar-refractivity contribution in [1.82, 2.24) is 5.43 Å². The molecule has 1 N–H and O–H groups in total. The Morgan fingerprint density at radius 1 is 0.926 bits per heavy atom. The van der Waals surface area contributed by atoms with Crippen LogP contribution in [0.1, 0.15) is 5.56 Å². The van der Waals surface area contributed by atoms with E-state index in [4.69, 9.17) is 23.7 Å². The summed E-state index contributed by atoms with van der Waals surface area (Å²) in [6.07, 6.45) is 1.49. The number of nitrogens with one attached hydrogen (secondary N) is 1. The number of carbonyl (C=O) groups is 1. The molecule has 2 aromatic rings. The molecule has 0 aliphatic heterocycles. The van der Waals surface area contributed by atoms with E-state index in [2.05, 4.69) is 10.5 Å². The summed E-state index contributed by atoms with van der Waals surface area (Å²) in [4.78, 5) is 12.0. The number of rotatable bonds is 9. The highest BCUT2D eigenvalue weighted by molar-refractivity contribution is 5.83. The first-order valence-corrected chi connectivity index (χ1v) is 8.00. The maximum Gasteiger partial charge on any atom is 0.277 e. The van der Waals surface area contributed by atoms with Gasteiger partial charge in [-0.2, -0.15) is 5.10 Å². The predicted molar refractivity (Wildman–Crippen MR) is 100 cm³/mol. The van der Waals surface area contributed by atoms with Crippen LogP contribution in [0.2, 0.25) is 0 Å². The molecule has 0 radical (unpaired) electrons. The van der Waals surface area contributed by atoms with Crippen LogP contribution in [0.3, 0.4) is 0 Å². The van der Waals surface area contributed by atoms with Gasteiger partial charge in [-0.05, 0) is 35.9 Å². The molecule has 0 spiro atoms. The molecule has 2 aromatic carbocycles. The van der Waals surface area contributed by atoms with Gasteiger partial charge >= 0.3 is 0 Å². The minimum atomic E-state index is -0.431. The van der Waals surface area contributed by atoms with Crippen LogP contribution in [0, 0.1) is 0 Å². The molecule has 0 saturated heterocycles. The lowest BCUT2D eigenvalue weighted by atomic mass is 10.2. The third-order valence-electron chi connectivity index (χ3n) is 3.54. The predicted octanol–water partition coefficient (Wildman–Crippen LogP) is 2.25. The number of hydrogen-bond acceptors (Lipinski definition) is 7. The highest BCUT2D eigenvalue weighted by Crippen LogP contribution is 2.36. The van der Waals surface area contributed by atoms with Crippen molar-refractivity contribution in [3.05, 3.63) is 42.0 Å². The molecule has 1 amide bonds. The molecule has 0 unspecified atom stereocenters. The fourth-order valence-electron chi connectivity index (χ4n) is 2.24. The van der Waals surface area contributed by atoms with Gasteiger partial charge < -0.3 is 23.7 Å². The molecule has 0 bridgehead atoms. The van der Waals surface area contributed by atoms with Crippen molar-refractivity contribution >= 4 is 12.1 Å². The fraction of sp³-hybridized carbons (Fsp3) is 0.263. The van der Waals surface area contributed by atoms with Crippen LogP contribution in [-0.2, 0) is 4.79 Å². The number of nitrogens with zero attached hydrogens (tertiary/aromatic N) is 1. The lowest BCUT2D eigenvalue weighted by Gasteiger charge is -2.13. The van der Waals surface area contributed by atoms with Gasteiger partial charge in [0.2, 0.25) is 5.75 Å². The number of ether oxygens (including phenoxy) is 5. The topological polar surface area (TPSA) is 87.6 Å². The number of carbonyl (C=O) groups excluding carboxylic acids is 1. The second-order valence-electron chi connectivity index (χ2n) is 5.19. The smallest absolute Gasteiger partial charge is 0.277 e. The van der Waals surface area contributed by atoms with Gasteiger partial charge in [0.25, 0.3) is 5.91 Å². The van der Waals surface area contributed by atoms with Crippen LogP contribution in [0.25, 0.3) is 0 Å². The maximum atomic E-state index is 12.0. The molecular formula is C19H22N2O6. The van der Waals surface area contributed by atoms with Crippen LogP contribution in [-0.4, -0.2) is 47.2 Å². The number of benzene rings is 2. The highest BCUT2D eigenvalue weighted by atomic mass is 16.5. The number of methoxy groups -OCH3 is 4. The second kappa shape index (κ2) is 9.91. The summed E-state index contributed by atoms with van der Waals surface area (Å²) >= 11 is 0. The molecule has 2 rings (SSSR count). The van der Waals surface area contributed by atoms with Crippen LogP contribution >= 0.6 is 0 Å². The normalized spacial score (nSPS) is 10.4. The van der Waals surface area contributed by atoms with E-state index in [1.165, 1.54) is 20.4 Å². The highest BCUT2D eigenvalue weighted by Gasteiger charge is 2.13. The third-order valence-corrected chi connectivity index (χ3v) is 3.54. The lowest BCUT2D eigenvalue weighted by molar-refractivity contribution is -0.123. The average molecular weight is 374 g/mol. The Labute approximate surface area is 157 Å². The molecule has 8 nitrogen and oxygen atoms in total. The zero-order valence-corrected chi connectivity index (χ0v) is 15.6. The molecule has 0 fully saturated rings. The Balaban J connectivity index is 1.94. The summed E-state index contributed by atoms with van der Waals surface area (Å²) in [6, 6.07) is 10.5. The SMILES string of the molecule is COc1ccc(/C=N\NC(=O)COc2c(OC)cccc2OC)cc1OC. The summed E-state index contributed by atoms with van der Waals surface area (Å²) in [7, 11) is 6.12. The monoisotopic (exact) mass is 374 g/mol. The molecule has 0 atom stereocenters. The van der Waals surface area contributed by atoms with Crippen molar-refractivity contribution in [3.63, 3.8) is 0 Å². The molecule has 0 heterocycles. The number of hydrazone groups is 1. The molecule has 27 heavy (non-hydrogen) atoms. The maximum absolute atomic E-state index is 12.0. The molecule has 144 valence electrons. The number of amides is 1. The first-order chi connectivity index (χ1) is 13.1. The van der Waals surface area contributed by atoms with Gasteiger partial charge in [0.05, 0.1) is 34.7 Å². The minimum Gasteiger partial charge on any atom is -0.493 e. The number of hydrogen-bond donors (Lipinski definition) is 1. The van der Waals surface area contributed by atoms with Crippen LogP contribution < -0.4 is 29.1 Å². The zero-order chi connectivity index (χ0) is 19.6. The fourth-order valence-corrected chi connectivity index (χ4v) is 2.24. The number of para-hydroxylation sites is 1. The van der Waals surface area contributed by atoms with Crippen LogP contribution in [0.5, 0.6) is 28.7 Å². The molecule has 0 saturated carbocycles. The van der Waals surface area contributed by atoms with Gasteiger partial charge in [-0.1, -0.05) is 6.07 Å². The summed E-state index contributed by atoms with van der Waals surface area (Å²) in [5, 5.41) is 3.91. The van der Waals surface area contributed by atoms with Crippen molar-refractivity contribution in [2.45, 2.75) is 0 Å². The van der Waals surface area contributed by atoms with E-state index in [9.17, 15) is 4.79 Å². The van der Waals surface area contributed by atoms with Crippen molar-refractivity contribution in [3.8, 4) is 28.7 Å². The summed E-state index contributed by atoms with van der Waals surface area (Å²) in [5.74, 6) is 2.03. The summed E-state index contributed by atoms with van der Waals surface area (Å²) < 4.78 is 26.3. The Hall–Kier alpha value is -3.42. The largest absolute Gasteiger partial charge is 0.493 e. The summed E-state index contributed by atoms with van der Waals surface area (Å²) in [5.41, 5.74) is 3.13. The first-order valence-electron chi connectivity index (χ1n) is 8.00. The van der Waals surface area contributed by atoms with Gasteiger partial charge in [0, 0.05) is 0 Å². The van der Waals surface area contributed by atoms with E-state index in [1.807, 2.05) is 0 Å². The molecule has 0 aliphatic carbocycles. The quantitative estimate of drug-likeness (QED) is 0.535. The van der Waals surface area contributed by atoms with Crippen molar-refractivity contribution in [2.75, 3.05) is 35.0 Å². The van der Waals surface area contributed by atoms with E-state index in [-0.39, 0.29) is 6.61 Å². The Morgan fingerprint density at radius 2 is 1.56 bits per heavy atom. The van der Waals surface area contributed by atoms with E-state index in [0.29, 0.717) is 28.7 Å². The van der Waals surface area contributed by atoms with E-state index in [1.54, 1.807) is 50.6 Å². The van der Waals surface area contributed by atoms with Gasteiger partial charge in [-0.3, -0.25) is 4.79 Å². The summed E-state index contributed by atoms with van der Waals surface area (Å²) in [6.45, 7) is -0.250. The second-order valence-corrected chi connectivity index (χ2v) is 5.19. The van der Waals surface area contributed by atoms with Gasteiger partial charge in [0.1, 0.15) is 0 Å². The van der Waals surface area contributed by atoms with Crippen molar-refractivity contribution < 1.29 is 28.5 Å². The molecule has 0 aliphatic rings. The molecular weight excluding hydrogens is 352 g/mol. The minimum absolute atomic E-state index is 0.250. The third kappa shape index (κ3) is 5.27. The zero-order valence-electron chi connectivity index (χ0n) is 15.6. The Kier molecular flexibility index (Phi) is 7.30. The van der Waals surface area contributed by atoms with Crippen molar-refractivity contribution in [2.24, 2.45) is 5.10 Å². The Bertz CT molecular complexity index is 785. The molecule has 0 aromatic heterocycles. The van der Waals surface area contributed by atoms with Crippen LogP contribution in [0.4, 0.5) is 0 Å². The van der Waals surface area contributed by atoms with Gasteiger partial charge in [-0.15, -0.1) is 0 Å². The Morgan fingerprint density at radius 3 is 2.15 bits per heavy atom. The van der Waals surface area contributed by atoms with E-state index in [0.717, 1.165) is 5.56 Å². The lowest BCUT2D eigenvalue weighted by Crippen LogP contribution is -2.24. The first kappa shape index (κ1) is 19.9. The average Bonchev–Trinajstić information content (AvgIpc) is 2.71. The van der Waals surface area contributed by atoms with Gasteiger partial charge in [-0.25, -0.2) is 5.43 Å². The van der Waals surface area contributed by atoms with Crippen LogP contribution in [0.15, 0.2) is 41.5 Å². The van der Waals surface area contributed by atoms with Gasteiger partial charge in [0.15, 0.2) is 29.6 Å².